The Bertz CT molecular complexity index is 1100. The van der Waals surface area contributed by atoms with Gasteiger partial charge in [0.2, 0.25) is 10.0 Å². The summed E-state index contributed by atoms with van der Waals surface area (Å²) < 4.78 is 55.2. The van der Waals surface area contributed by atoms with Gasteiger partial charge in [-0.3, -0.25) is 4.31 Å². The van der Waals surface area contributed by atoms with E-state index in [0.29, 0.717) is 26.1 Å². The summed E-state index contributed by atoms with van der Waals surface area (Å²) in [7, 11) is -7.32. The number of rotatable bonds is 5. The molecule has 0 aromatic heterocycles. The van der Waals surface area contributed by atoms with Gasteiger partial charge >= 0.3 is 0 Å². The second kappa shape index (κ2) is 7.74. The smallest absolute Gasteiger partial charge is 0.264 e. The molecule has 2 aliphatic heterocycles. The van der Waals surface area contributed by atoms with Gasteiger partial charge in [0.25, 0.3) is 10.0 Å². The van der Waals surface area contributed by atoms with Gasteiger partial charge in [-0.1, -0.05) is 31.5 Å². The Morgan fingerprint density at radius 2 is 1.41 bits per heavy atom. The van der Waals surface area contributed by atoms with Crippen LogP contribution in [-0.4, -0.2) is 40.8 Å². The Labute approximate surface area is 173 Å². The van der Waals surface area contributed by atoms with Crippen LogP contribution in [0.15, 0.2) is 52.3 Å². The molecule has 4 rings (SSSR count). The highest BCUT2D eigenvalue weighted by Crippen LogP contribution is 2.36. The van der Waals surface area contributed by atoms with Crippen LogP contribution in [0.5, 0.6) is 0 Å². The first-order valence-corrected chi connectivity index (χ1v) is 13.0. The number of anilines is 1. The molecule has 29 heavy (non-hydrogen) atoms. The van der Waals surface area contributed by atoms with Crippen molar-refractivity contribution >= 4 is 25.7 Å². The minimum absolute atomic E-state index is 0.119. The van der Waals surface area contributed by atoms with E-state index in [9.17, 15) is 16.8 Å². The fourth-order valence-corrected chi connectivity index (χ4v) is 7.25. The Morgan fingerprint density at radius 1 is 0.793 bits per heavy atom. The third kappa shape index (κ3) is 3.58. The fourth-order valence-electron chi connectivity index (χ4n) is 4.19. The zero-order valence-corrected chi connectivity index (χ0v) is 18.2. The van der Waals surface area contributed by atoms with Crippen LogP contribution in [0, 0.1) is 0 Å². The second-order valence-corrected chi connectivity index (χ2v) is 11.3. The van der Waals surface area contributed by atoms with E-state index in [-0.39, 0.29) is 9.79 Å². The lowest BCUT2D eigenvalue weighted by Gasteiger charge is -2.26. The predicted octanol–water partition coefficient (Wildman–Crippen LogP) is 3.18. The van der Waals surface area contributed by atoms with Crippen molar-refractivity contribution in [2.75, 3.05) is 23.9 Å². The SMILES string of the molecule is CCc1cccc2c1N(S(=O)(=O)c1ccc(S(=O)(=O)N3CCCCC3)cc1)CC2. The van der Waals surface area contributed by atoms with Crippen LogP contribution >= 0.6 is 0 Å². The van der Waals surface area contributed by atoms with Crippen molar-refractivity contribution in [3.63, 3.8) is 0 Å². The summed E-state index contributed by atoms with van der Waals surface area (Å²) in [6.07, 6.45) is 4.20. The highest BCUT2D eigenvalue weighted by Gasteiger charge is 2.33. The lowest BCUT2D eigenvalue weighted by molar-refractivity contribution is 0.346. The normalized spacial score (nSPS) is 18.0. The van der Waals surface area contributed by atoms with Gasteiger partial charge in [0.05, 0.1) is 15.5 Å². The van der Waals surface area contributed by atoms with E-state index >= 15 is 0 Å². The van der Waals surface area contributed by atoms with Gasteiger partial charge in [0, 0.05) is 19.6 Å². The fraction of sp³-hybridized carbons (Fsp3) is 0.429. The van der Waals surface area contributed by atoms with Gasteiger partial charge < -0.3 is 0 Å². The third-order valence-corrected chi connectivity index (χ3v) is 9.51. The molecule has 0 radical (unpaired) electrons. The van der Waals surface area contributed by atoms with Crippen molar-refractivity contribution < 1.29 is 16.8 Å². The van der Waals surface area contributed by atoms with E-state index in [2.05, 4.69) is 0 Å². The molecule has 2 aromatic carbocycles. The molecule has 0 bridgehead atoms. The minimum Gasteiger partial charge on any atom is -0.265 e. The van der Waals surface area contributed by atoms with Crippen LogP contribution in [0.2, 0.25) is 0 Å². The van der Waals surface area contributed by atoms with Crippen LogP contribution in [0.4, 0.5) is 5.69 Å². The summed E-state index contributed by atoms with van der Waals surface area (Å²) in [5.74, 6) is 0. The standard InChI is InChI=1S/C21H26N2O4S2/c1-2-17-7-6-8-18-13-16-23(21(17)18)29(26,27)20-11-9-19(10-12-20)28(24,25)22-14-4-3-5-15-22/h6-12H,2-5,13-16H2,1H3. The number of fused-ring (bicyclic) bond motifs is 1. The average Bonchev–Trinajstić information content (AvgIpc) is 3.19. The molecule has 2 aromatic rings. The zero-order valence-electron chi connectivity index (χ0n) is 16.5. The van der Waals surface area contributed by atoms with Crippen LogP contribution in [0.25, 0.3) is 0 Å². The minimum atomic E-state index is -3.75. The van der Waals surface area contributed by atoms with E-state index in [0.717, 1.165) is 42.5 Å². The molecule has 1 saturated heterocycles. The van der Waals surface area contributed by atoms with Gasteiger partial charge in [0.1, 0.15) is 0 Å². The number of nitrogens with zero attached hydrogens (tertiary/aromatic N) is 2. The molecular formula is C21H26N2O4S2. The molecule has 0 aliphatic carbocycles. The lowest BCUT2D eigenvalue weighted by Crippen LogP contribution is -2.35. The van der Waals surface area contributed by atoms with Crippen molar-refractivity contribution in [3.05, 3.63) is 53.6 Å². The summed E-state index contributed by atoms with van der Waals surface area (Å²) in [5.41, 5.74) is 2.82. The van der Waals surface area contributed by atoms with Crippen LogP contribution in [0.3, 0.4) is 0 Å². The van der Waals surface area contributed by atoms with Crippen molar-refractivity contribution in [3.8, 4) is 0 Å². The molecular weight excluding hydrogens is 408 g/mol. The highest BCUT2D eigenvalue weighted by molar-refractivity contribution is 7.93. The van der Waals surface area contributed by atoms with Gasteiger partial charge in [-0.2, -0.15) is 4.31 Å². The Kier molecular flexibility index (Phi) is 5.44. The van der Waals surface area contributed by atoms with Crippen LogP contribution < -0.4 is 4.31 Å². The molecule has 0 N–H and O–H groups in total. The van der Waals surface area contributed by atoms with Crippen LogP contribution in [0.1, 0.15) is 37.3 Å². The maximum Gasteiger partial charge on any atom is 0.264 e. The average molecular weight is 435 g/mol. The van der Waals surface area contributed by atoms with Crippen molar-refractivity contribution in [1.29, 1.82) is 0 Å². The molecule has 8 heteroatoms. The van der Waals surface area contributed by atoms with E-state index < -0.39 is 20.0 Å². The van der Waals surface area contributed by atoms with Crippen LogP contribution in [-0.2, 0) is 32.9 Å². The largest absolute Gasteiger partial charge is 0.265 e. The van der Waals surface area contributed by atoms with E-state index in [1.54, 1.807) is 0 Å². The second-order valence-electron chi connectivity index (χ2n) is 7.54. The first-order valence-electron chi connectivity index (χ1n) is 10.1. The molecule has 0 spiro atoms. The maximum absolute atomic E-state index is 13.3. The third-order valence-electron chi connectivity index (χ3n) is 5.78. The molecule has 6 nitrogen and oxygen atoms in total. The number of benzene rings is 2. The van der Waals surface area contributed by atoms with Gasteiger partial charge in [0.15, 0.2) is 0 Å². The van der Waals surface area contributed by atoms with Gasteiger partial charge in [-0.05, 0) is 61.1 Å². The summed E-state index contributed by atoms with van der Waals surface area (Å²) in [5, 5.41) is 0. The van der Waals surface area contributed by atoms with Gasteiger partial charge in [-0.25, -0.2) is 16.8 Å². The summed E-state index contributed by atoms with van der Waals surface area (Å²) in [6, 6.07) is 11.6. The Balaban J connectivity index is 1.65. The summed E-state index contributed by atoms with van der Waals surface area (Å²) in [4.78, 5) is 0.267. The van der Waals surface area contributed by atoms with E-state index in [1.165, 1.54) is 32.9 Å². The lowest BCUT2D eigenvalue weighted by atomic mass is 10.1. The number of para-hydroxylation sites is 1. The number of hydrogen-bond acceptors (Lipinski definition) is 4. The first-order chi connectivity index (χ1) is 13.9. The predicted molar refractivity (Wildman–Crippen MR) is 113 cm³/mol. The summed E-state index contributed by atoms with van der Waals surface area (Å²) >= 11 is 0. The zero-order chi connectivity index (χ0) is 20.6. The molecule has 0 amide bonds. The molecule has 156 valence electrons. The summed E-state index contributed by atoms with van der Waals surface area (Å²) in [6.45, 7) is 3.46. The van der Waals surface area contributed by atoms with Crippen molar-refractivity contribution in [2.45, 2.75) is 48.8 Å². The number of piperidine rings is 1. The first kappa shape index (κ1) is 20.4. The van der Waals surface area contributed by atoms with Gasteiger partial charge in [-0.15, -0.1) is 0 Å². The Morgan fingerprint density at radius 3 is 2.03 bits per heavy atom. The topological polar surface area (TPSA) is 74.8 Å². The molecule has 1 fully saturated rings. The number of sulfonamides is 2. The van der Waals surface area contributed by atoms with Crippen molar-refractivity contribution in [2.24, 2.45) is 0 Å². The maximum atomic E-state index is 13.3. The van der Waals surface area contributed by atoms with Crippen molar-refractivity contribution in [1.82, 2.24) is 4.31 Å². The molecule has 0 atom stereocenters. The van der Waals surface area contributed by atoms with E-state index in [1.807, 2.05) is 25.1 Å². The molecule has 0 unspecified atom stereocenters. The van der Waals surface area contributed by atoms with E-state index in [4.69, 9.17) is 0 Å². The monoisotopic (exact) mass is 434 g/mol. The number of hydrogen-bond donors (Lipinski definition) is 0. The number of aryl methyl sites for hydroxylation is 1. The molecule has 2 aliphatic rings. The highest BCUT2D eigenvalue weighted by atomic mass is 32.2. The molecule has 0 saturated carbocycles. The Hall–Kier alpha value is -1.90. The molecule has 2 heterocycles. The quantitative estimate of drug-likeness (QED) is 0.724.